The Labute approximate surface area is 165 Å². The van der Waals surface area contributed by atoms with Crippen LogP contribution >= 0.6 is 0 Å². The summed E-state index contributed by atoms with van der Waals surface area (Å²) < 4.78 is 5.36. The Hall–Kier alpha value is -2.88. The number of hydrogen-bond acceptors (Lipinski definition) is 3. The van der Waals surface area contributed by atoms with Crippen molar-refractivity contribution in [1.29, 1.82) is 0 Å². The quantitative estimate of drug-likeness (QED) is 0.771. The Balaban J connectivity index is 1.87. The maximum atomic E-state index is 13.3. The summed E-state index contributed by atoms with van der Waals surface area (Å²) in [6.45, 7) is 4.07. The van der Waals surface area contributed by atoms with Crippen LogP contribution in [0.4, 0.5) is 5.69 Å². The zero-order valence-corrected chi connectivity index (χ0v) is 16.6. The number of ketones is 1. The minimum Gasteiger partial charge on any atom is -0.497 e. The summed E-state index contributed by atoms with van der Waals surface area (Å²) in [5.41, 5.74) is 5.76. The molecule has 0 N–H and O–H groups in total. The molecule has 2 aliphatic rings. The molecule has 1 amide bonds. The maximum Gasteiger partial charge on any atom is 0.232 e. The number of hydrogen-bond donors (Lipinski definition) is 0. The van der Waals surface area contributed by atoms with Crippen molar-refractivity contribution in [3.8, 4) is 5.75 Å². The van der Waals surface area contributed by atoms with Crippen LogP contribution in [0.2, 0.25) is 0 Å². The minimum atomic E-state index is -0.201. The molecule has 144 valence electrons. The van der Waals surface area contributed by atoms with Crippen LogP contribution in [0.15, 0.2) is 53.7 Å². The molecular formula is C24H25NO3. The summed E-state index contributed by atoms with van der Waals surface area (Å²) in [4.78, 5) is 28.0. The topological polar surface area (TPSA) is 46.6 Å². The first-order valence-corrected chi connectivity index (χ1v) is 9.80. The van der Waals surface area contributed by atoms with Gasteiger partial charge in [0.2, 0.25) is 5.91 Å². The average molecular weight is 375 g/mol. The van der Waals surface area contributed by atoms with Gasteiger partial charge in [-0.1, -0.05) is 29.8 Å². The van der Waals surface area contributed by atoms with Crippen molar-refractivity contribution >= 4 is 17.4 Å². The largest absolute Gasteiger partial charge is 0.497 e. The Morgan fingerprint density at radius 2 is 1.86 bits per heavy atom. The van der Waals surface area contributed by atoms with Gasteiger partial charge < -0.3 is 4.74 Å². The molecule has 0 bridgehead atoms. The molecule has 4 rings (SSSR count). The van der Waals surface area contributed by atoms with E-state index in [4.69, 9.17) is 4.74 Å². The lowest BCUT2D eigenvalue weighted by Crippen LogP contribution is -2.40. The van der Waals surface area contributed by atoms with Crippen LogP contribution in [0.1, 0.15) is 48.3 Å². The third kappa shape index (κ3) is 3.13. The number of rotatable bonds is 3. The fourth-order valence-corrected chi connectivity index (χ4v) is 4.47. The van der Waals surface area contributed by atoms with E-state index in [2.05, 4.69) is 6.07 Å². The Kier molecular flexibility index (Phi) is 4.80. The molecule has 2 aromatic rings. The number of methoxy groups -OCH3 is 1. The highest BCUT2D eigenvalue weighted by Gasteiger charge is 2.40. The van der Waals surface area contributed by atoms with Crippen molar-refractivity contribution in [2.24, 2.45) is 0 Å². The molecule has 0 fully saturated rings. The van der Waals surface area contributed by atoms with Gasteiger partial charge in [-0.25, -0.2) is 0 Å². The lowest BCUT2D eigenvalue weighted by Gasteiger charge is -2.39. The second-order valence-electron chi connectivity index (χ2n) is 7.69. The SMILES string of the molecule is COc1cccc(C2CC(=O)N(c3ccc(C)cc3C)C3=C2C(=O)CCC3)c1. The molecule has 0 aromatic heterocycles. The lowest BCUT2D eigenvalue weighted by atomic mass is 9.77. The van der Waals surface area contributed by atoms with Gasteiger partial charge in [0.25, 0.3) is 0 Å². The van der Waals surface area contributed by atoms with Gasteiger partial charge in [0.15, 0.2) is 5.78 Å². The van der Waals surface area contributed by atoms with Gasteiger partial charge in [0.1, 0.15) is 5.75 Å². The van der Waals surface area contributed by atoms with E-state index in [9.17, 15) is 9.59 Å². The van der Waals surface area contributed by atoms with Crippen LogP contribution < -0.4 is 9.64 Å². The van der Waals surface area contributed by atoms with Crippen molar-refractivity contribution in [1.82, 2.24) is 0 Å². The third-order valence-electron chi connectivity index (χ3n) is 5.76. The first kappa shape index (κ1) is 18.5. The number of allylic oxidation sites excluding steroid dienone is 2. The standard InChI is InChI=1S/C24H25NO3/c1-15-10-11-20(16(2)12-15)25-21-8-5-9-22(26)24(21)19(14-23(25)27)17-6-4-7-18(13-17)28-3/h4,6-7,10-13,19H,5,8-9,14H2,1-3H3. The fourth-order valence-electron chi connectivity index (χ4n) is 4.47. The van der Waals surface area contributed by atoms with Gasteiger partial charge in [-0.3, -0.25) is 14.5 Å². The van der Waals surface area contributed by atoms with Crippen LogP contribution in [0, 0.1) is 13.8 Å². The summed E-state index contributed by atoms with van der Waals surface area (Å²) in [5.74, 6) is 0.754. The highest BCUT2D eigenvalue weighted by molar-refractivity contribution is 6.07. The molecule has 0 saturated carbocycles. The normalized spacial score (nSPS) is 19.7. The minimum absolute atomic E-state index is 0.0493. The van der Waals surface area contributed by atoms with E-state index >= 15 is 0 Å². The fraction of sp³-hybridized carbons (Fsp3) is 0.333. The van der Waals surface area contributed by atoms with Gasteiger partial charge in [0.05, 0.1) is 12.8 Å². The summed E-state index contributed by atoms with van der Waals surface area (Å²) in [6.07, 6.45) is 2.39. The van der Waals surface area contributed by atoms with Gasteiger partial charge in [-0.15, -0.1) is 0 Å². The molecule has 1 unspecified atom stereocenters. The van der Waals surface area contributed by atoms with Gasteiger partial charge >= 0.3 is 0 Å². The zero-order valence-electron chi connectivity index (χ0n) is 16.6. The molecule has 0 radical (unpaired) electrons. The van der Waals surface area contributed by atoms with E-state index in [1.54, 1.807) is 12.0 Å². The molecule has 4 heteroatoms. The van der Waals surface area contributed by atoms with Crippen molar-refractivity contribution in [3.63, 3.8) is 0 Å². The predicted molar refractivity (Wildman–Crippen MR) is 110 cm³/mol. The Morgan fingerprint density at radius 3 is 2.61 bits per heavy atom. The van der Waals surface area contributed by atoms with E-state index < -0.39 is 0 Å². The number of amides is 1. The lowest BCUT2D eigenvalue weighted by molar-refractivity contribution is -0.119. The van der Waals surface area contributed by atoms with Gasteiger partial charge in [0, 0.05) is 30.0 Å². The molecule has 1 heterocycles. The number of nitrogens with zero attached hydrogens (tertiary/aromatic N) is 1. The predicted octanol–water partition coefficient (Wildman–Crippen LogP) is 4.84. The maximum absolute atomic E-state index is 13.3. The van der Waals surface area contributed by atoms with E-state index in [1.807, 2.05) is 50.2 Å². The number of carbonyl (C=O) groups is 2. The number of carbonyl (C=O) groups excluding carboxylic acids is 2. The number of ether oxygens (including phenoxy) is 1. The summed E-state index contributed by atoms with van der Waals surface area (Å²) in [6, 6.07) is 13.8. The molecule has 0 saturated heterocycles. The first-order chi connectivity index (χ1) is 13.5. The molecule has 28 heavy (non-hydrogen) atoms. The van der Waals surface area contributed by atoms with Crippen molar-refractivity contribution in [3.05, 3.63) is 70.4 Å². The van der Waals surface area contributed by atoms with E-state index in [-0.39, 0.29) is 17.6 Å². The average Bonchev–Trinajstić information content (AvgIpc) is 2.68. The van der Waals surface area contributed by atoms with Gasteiger partial charge in [-0.2, -0.15) is 0 Å². The molecule has 1 aliphatic heterocycles. The molecule has 2 aromatic carbocycles. The van der Waals surface area contributed by atoms with Crippen molar-refractivity contribution in [2.45, 2.75) is 45.4 Å². The van der Waals surface area contributed by atoms with Crippen LogP contribution in [0.25, 0.3) is 0 Å². The number of benzene rings is 2. The Bertz CT molecular complexity index is 989. The second-order valence-corrected chi connectivity index (χ2v) is 7.69. The smallest absolute Gasteiger partial charge is 0.232 e. The summed E-state index contributed by atoms with van der Waals surface area (Å²) >= 11 is 0. The molecule has 0 spiro atoms. The van der Waals surface area contributed by atoms with E-state index in [1.165, 1.54) is 0 Å². The molecule has 4 nitrogen and oxygen atoms in total. The molecule has 1 aliphatic carbocycles. The monoisotopic (exact) mass is 375 g/mol. The van der Waals surface area contributed by atoms with E-state index in [0.717, 1.165) is 52.2 Å². The first-order valence-electron chi connectivity index (χ1n) is 9.80. The number of anilines is 1. The number of Topliss-reactive ketones (excluding diaryl/α,β-unsaturated/α-hetero) is 1. The highest BCUT2D eigenvalue weighted by atomic mass is 16.5. The van der Waals surface area contributed by atoms with Crippen LogP contribution in [0.3, 0.4) is 0 Å². The summed E-state index contributed by atoms with van der Waals surface area (Å²) in [7, 11) is 1.63. The zero-order chi connectivity index (χ0) is 19.8. The molecule has 1 atom stereocenters. The van der Waals surface area contributed by atoms with Crippen LogP contribution in [-0.4, -0.2) is 18.8 Å². The van der Waals surface area contributed by atoms with Crippen molar-refractivity contribution in [2.75, 3.05) is 12.0 Å². The second kappa shape index (κ2) is 7.27. The summed E-state index contributed by atoms with van der Waals surface area (Å²) in [5, 5.41) is 0. The van der Waals surface area contributed by atoms with Gasteiger partial charge in [-0.05, 0) is 56.0 Å². The Morgan fingerprint density at radius 1 is 1.04 bits per heavy atom. The van der Waals surface area contributed by atoms with Crippen LogP contribution in [-0.2, 0) is 9.59 Å². The highest BCUT2D eigenvalue weighted by Crippen LogP contribution is 2.44. The number of aryl methyl sites for hydroxylation is 2. The van der Waals surface area contributed by atoms with E-state index in [0.29, 0.717) is 12.8 Å². The van der Waals surface area contributed by atoms with Crippen LogP contribution in [0.5, 0.6) is 5.75 Å². The van der Waals surface area contributed by atoms with Crippen molar-refractivity contribution < 1.29 is 14.3 Å². The molecular weight excluding hydrogens is 350 g/mol. The third-order valence-corrected chi connectivity index (χ3v) is 5.76.